The summed E-state index contributed by atoms with van der Waals surface area (Å²) in [4.78, 5) is 6.75. The summed E-state index contributed by atoms with van der Waals surface area (Å²) in [5.41, 5.74) is 0. The summed E-state index contributed by atoms with van der Waals surface area (Å²) in [6.07, 6.45) is 7.04. The van der Waals surface area contributed by atoms with Gasteiger partial charge in [-0.1, -0.05) is 12.8 Å². The molecule has 82 valence electrons. The molecule has 0 N–H and O–H groups in total. The van der Waals surface area contributed by atoms with Crippen LogP contribution in [-0.2, 0) is 0 Å². The molecule has 0 aliphatic carbocycles. The minimum Gasteiger partial charge on any atom is -0.493 e. The maximum absolute atomic E-state index is 5.34. The topological polar surface area (TPSA) is 25.4 Å². The zero-order valence-electron chi connectivity index (χ0n) is 9.28. The first-order valence-electron chi connectivity index (χ1n) is 5.66. The van der Waals surface area contributed by atoms with Gasteiger partial charge in [0.25, 0.3) is 0 Å². The van der Waals surface area contributed by atoms with Crippen molar-refractivity contribution in [2.45, 2.75) is 25.7 Å². The number of methoxy groups -OCH3 is 1. The fourth-order valence-corrected chi connectivity index (χ4v) is 2.06. The molecule has 0 bridgehead atoms. The van der Waals surface area contributed by atoms with Gasteiger partial charge in [-0.15, -0.1) is 0 Å². The largest absolute Gasteiger partial charge is 0.493 e. The number of pyridine rings is 1. The summed E-state index contributed by atoms with van der Waals surface area (Å²) >= 11 is 0. The molecule has 0 atom stereocenters. The van der Waals surface area contributed by atoms with Gasteiger partial charge in [0.15, 0.2) is 11.6 Å². The van der Waals surface area contributed by atoms with Gasteiger partial charge in [0.2, 0.25) is 0 Å². The SMILES string of the molecule is COc1cccnc1N1CCCCCC1. The van der Waals surface area contributed by atoms with E-state index in [9.17, 15) is 0 Å². The third-order valence-electron chi connectivity index (χ3n) is 2.88. The fraction of sp³-hybridized carbons (Fsp3) is 0.583. The summed E-state index contributed by atoms with van der Waals surface area (Å²) in [6, 6.07) is 3.90. The molecule has 3 nitrogen and oxygen atoms in total. The van der Waals surface area contributed by atoms with Crippen LogP contribution in [0.25, 0.3) is 0 Å². The number of rotatable bonds is 2. The lowest BCUT2D eigenvalue weighted by molar-refractivity contribution is 0.412. The number of aromatic nitrogens is 1. The van der Waals surface area contributed by atoms with Crippen molar-refractivity contribution < 1.29 is 4.74 Å². The molecule has 1 aliphatic heterocycles. The number of nitrogens with zero attached hydrogens (tertiary/aromatic N) is 2. The summed E-state index contributed by atoms with van der Waals surface area (Å²) in [6.45, 7) is 2.21. The zero-order valence-corrected chi connectivity index (χ0v) is 9.28. The van der Waals surface area contributed by atoms with Crippen LogP contribution in [0, 0.1) is 0 Å². The predicted octanol–water partition coefficient (Wildman–Crippen LogP) is 2.47. The average Bonchev–Trinajstić information content (AvgIpc) is 2.57. The van der Waals surface area contributed by atoms with Crippen LogP contribution in [0.5, 0.6) is 5.75 Å². The number of hydrogen-bond donors (Lipinski definition) is 0. The summed E-state index contributed by atoms with van der Waals surface area (Å²) < 4.78 is 5.34. The van der Waals surface area contributed by atoms with Crippen molar-refractivity contribution in [3.8, 4) is 5.75 Å². The average molecular weight is 206 g/mol. The fourth-order valence-electron chi connectivity index (χ4n) is 2.06. The first-order valence-corrected chi connectivity index (χ1v) is 5.66. The van der Waals surface area contributed by atoms with Crippen LogP contribution in [0.4, 0.5) is 5.82 Å². The van der Waals surface area contributed by atoms with E-state index in [0.29, 0.717) is 0 Å². The summed E-state index contributed by atoms with van der Waals surface area (Å²) in [5.74, 6) is 1.89. The maximum Gasteiger partial charge on any atom is 0.171 e. The minimum absolute atomic E-state index is 0.888. The normalized spacial score (nSPS) is 17.3. The third-order valence-corrected chi connectivity index (χ3v) is 2.88. The number of ether oxygens (including phenoxy) is 1. The van der Waals surface area contributed by atoms with Crippen molar-refractivity contribution in [2.75, 3.05) is 25.1 Å². The molecule has 1 aromatic heterocycles. The molecule has 0 spiro atoms. The standard InChI is InChI=1S/C12H18N2O/c1-15-11-7-6-8-13-12(11)14-9-4-2-3-5-10-14/h6-8H,2-5,9-10H2,1H3. The molecule has 1 aromatic rings. The smallest absolute Gasteiger partial charge is 0.171 e. The van der Waals surface area contributed by atoms with Gasteiger partial charge in [-0.3, -0.25) is 0 Å². The van der Waals surface area contributed by atoms with Gasteiger partial charge >= 0.3 is 0 Å². The molecule has 0 unspecified atom stereocenters. The van der Waals surface area contributed by atoms with Crippen LogP contribution < -0.4 is 9.64 Å². The lowest BCUT2D eigenvalue weighted by atomic mass is 10.2. The second-order valence-corrected chi connectivity index (χ2v) is 3.93. The highest BCUT2D eigenvalue weighted by atomic mass is 16.5. The molecule has 1 aliphatic rings. The van der Waals surface area contributed by atoms with Crippen molar-refractivity contribution in [3.05, 3.63) is 18.3 Å². The van der Waals surface area contributed by atoms with Crippen molar-refractivity contribution in [2.24, 2.45) is 0 Å². The third kappa shape index (κ3) is 2.41. The van der Waals surface area contributed by atoms with Crippen molar-refractivity contribution in [1.29, 1.82) is 0 Å². The first-order chi connectivity index (χ1) is 7.42. The Morgan fingerprint density at radius 2 is 1.93 bits per heavy atom. The van der Waals surface area contributed by atoms with Crippen LogP contribution in [0.15, 0.2) is 18.3 Å². The molecule has 0 saturated carbocycles. The van der Waals surface area contributed by atoms with Gasteiger partial charge in [-0.25, -0.2) is 4.98 Å². The van der Waals surface area contributed by atoms with E-state index in [2.05, 4.69) is 9.88 Å². The van der Waals surface area contributed by atoms with E-state index in [-0.39, 0.29) is 0 Å². The van der Waals surface area contributed by atoms with Crippen LogP contribution in [-0.4, -0.2) is 25.2 Å². The maximum atomic E-state index is 5.34. The highest BCUT2D eigenvalue weighted by Crippen LogP contribution is 2.26. The summed E-state index contributed by atoms with van der Waals surface area (Å²) in [5, 5.41) is 0. The Morgan fingerprint density at radius 1 is 1.20 bits per heavy atom. The van der Waals surface area contributed by atoms with Crippen molar-refractivity contribution >= 4 is 5.82 Å². The first kappa shape index (κ1) is 10.3. The van der Waals surface area contributed by atoms with E-state index in [0.717, 1.165) is 24.7 Å². The van der Waals surface area contributed by atoms with Crippen LogP contribution in [0.2, 0.25) is 0 Å². The van der Waals surface area contributed by atoms with Gasteiger partial charge in [0.05, 0.1) is 7.11 Å². The monoisotopic (exact) mass is 206 g/mol. The molecule has 2 rings (SSSR count). The van der Waals surface area contributed by atoms with Gasteiger partial charge in [0.1, 0.15) is 0 Å². The van der Waals surface area contributed by atoms with Crippen LogP contribution in [0.1, 0.15) is 25.7 Å². The Kier molecular flexibility index (Phi) is 3.43. The quantitative estimate of drug-likeness (QED) is 0.743. The Labute approximate surface area is 91.1 Å². The highest BCUT2D eigenvalue weighted by molar-refractivity contribution is 5.51. The molecule has 1 fully saturated rings. The van der Waals surface area contributed by atoms with Gasteiger partial charge in [0, 0.05) is 19.3 Å². The Bertz CT molecular complexity index is 306. The Hall–Kier alpha value is -1.25. The van der Waals surface area contributed by atoms with E-state index in [1.54, 1.807) is 7.11 Å². The van der Waals surface area contributed by atoms with Gasteiger partial charge in [-0.2, -0.15) is 0 Å². The van der Waals surface area contributed by atoms with Crippen LogP contribution >= 0.6 is 0 Å². The molecule has 0 radical (unpaired) electrons. The van der Waals surface area contributed by atoms with Crippen molar-refractivity contribution in [3.63, 3.8) is 0 Å². The molecular weight excluding hydrogens is 188 g/mol. The Balaban J connectivity index is 2.18. The lowest BCUT2D eigenvalue weighted by Crippen LogP contribution is -2.25. The second-order valence-electron chi connectivity index (χ2n) is 3.93. The van der Waals surface area contributed by atoms with Gasteiger partial charge in [-0.05, 0) is 25.0 Å². The number of hydrogen-bond acceptors (Lipinski definition) is 3. The second kappa shape index (κ2) is 5.01. The summed E-state index contributed by atoms with van der Waals surface area (Å²) in [7, 11) is 1.71. The highest BCUT2D eigenvalue weighted by Gasteiger charge is 2.14. The molecule has 2 heterocycles. The minimum atomic E-state index is 0.888. The van der Waals surface area contributed by atoms with E-state index in [4.69, 9.17) is 4.74 Å². The van der Waals surface area contributed by atoms with Crippen LogP contribution in [0.3, 0.4) is 0 Å². The lowest BCUT2D eigenvalue weighted by Gasteiger charge is -2.22. The zero-order chi connectivity index (χ0) is 10.5. The predicted molar refractivity (Wildman–Crippen MR) is 61.5 cm³/mol. The molecular formula is C12H18N2O. The molecule has 15 heavy (non-hydrogen) atoms. The van der Waals surface area contributed by atoms with E-state index in [1.807, 2.05) is 18.3 Å². The Morgan fingerprint density at radius 3 is 2.60 bits per heavy atom. The van der Waals surface area contributed by atoms with E-state index < -0.39 is 0 Å². The molecule has 1 saturated heterocycles. The number of anilines is 1. The molecule has 0 amide bonds. The molecule has 3 heteroatoms. The van der Waals surface area contributed by atoms with Crippen molar-refractivity contribution in [1.82, 2.24) is 4.98 Å². The molecule has 0 aromatic carbocycles. The van der Waals surface area contributed by atoms with E-state index >= 15 is 0 Å². The van der Waals surface area contributed by atoms with E-state index in [1.165, 1.54) is 25.7 Å². The van der Waals surface area contributed by atoms with Gasteiger partial charge < -0.3 is 9.64 Å².